The summed E-state index contributed by atoms with van der Waals surface area (Å²) in [5.74, 6) is -0.215. The van der Waals surface area contributed by atoms with Crippen molar-refractivity contribution in [2.24, 2.45) is 5.73 Å². The number of anilines is 1. The zero-order valence-corrected chi connectivity index (χ0v) is 8.82. The van der Waals surface area contributed by atoms with Crippen LogP contribution in [0.2, 0.25) is 0 Å². The van der Waals surface area contributed by atoms with Gasteiger partial charge in [0.05, 0.1) is 5.69 Å². The van der Waals surface area contributed by atoms with Crippen LogP contribution in [0.1, 0.15) is 5.56 Å². The number of benzene rings is 1. The molecule has 0 unspecified atom stereocenters. The first-order chi connectivity index (χ1) is 7.49. The van der Waals surface area contributed by atoms with Crippen LogP contribution in [0.3, 0.4) is 0 Å². The predicted octanol–water partition coefficient (Wildman–Crippen LogP) is 0.151. The van der Waals surface area contributed by atoms with Gasteiger partial charge in [0.15, 0.2) is 6.61 Å². The molecule has 6 heteroatoms. The van der Waals surface area contributed by atoms with Crippen molar-refractivity contribution in [3.05, 3.63) is 23.8 Å². The number of urea groups is 1. The van der Waals surface area contributed by atoms with Gasteiger partial charge in [0, 0.05) is 0 Å². The molecule has 0 aliphatic heterocycles. The number of rotatable bonds is 3. The van der Waals surface area contributed by atoms with E-state index in [0.29, 0.717) is 11.4 Å². The van der Waals surface area contributed by atoms with E-state index in [-0.39, 0.29) is 6.61 Å². The number of ether oxygens (including phenoxy) is 1. The molecule has 0 spiro atoms. The van der Waals surface area contributed by atoms with E-state index in [1.54, 1.807) is 12.1 Å². The van der Waals surface area contributed by atoms with Crippen LogP contribution >= 0.6 is 0 Å². The summed E-state index contributed by atoms with van der Waals surface area (Å²) in [6.07, 6.45) is 0. The van der Waals surface area contributed by atoms with Crippen molar-refractivity contribution in [3.63, 3.8) is 0 Å². The van der Waals surface area contributed by atoms with E-state index in [4.69, 9.17) is 16.2 Å². The van der Waals surface area contributed by atoms with Gasteiger partial charge in [-0.05, 0) is 24.6 Å². The third-order valence-corrected chi connectivity index (χ3v) is 1.79. The van der Waals surface area contributed by atoms with Crippen molar-refractivity contribution < 1.29 is 14.3 Å². The SMILES string of the molecule is Cc1ccc(N)c(OCC(=O)NC(N)=O)c1. The maximum atomic E-state index is 11.0. The molecule has 0 radical (unpaired) electrons. The molecule has 1 aromatic rings. The summed E-state index contributed by atoms with van der Waals surface area (Å²) in [6.45, 7) is 1.56. The molecule has 0 atom stereocenters. The molecule has 86 valence electrons. The Morgan fingerprint density at radius 3 is 2.75 bits per heavy atom. The highest BCUT2D eigenvalue weighted by Crippen LogP contribution is 2.21. The number of carbonyl (C=O) groups is 2. The third kappa shape index (κ3) is 3.49. The monoisotopic (exact) mass is 223 g/mol. The van der Waals surface area contributed by atoms with Gasteiger partial charge in [0.2, 0.25) is 0 Å². The number of nitrogens with one attached hydrogen (secondary N) is 1. The number of carbonyl (C=O) groups excluding carboxylic acids is 2. The normalized spacial score (nSPS) is 9.56. The van der Waals surface area contributed by atoms with Crippen LogP contribution in [0, 0.1) is 6.92 Å². The Bertz CT molecular complexity index is 418. The number of primary amides is 1. The third-order valence-electron chi connectivity index (χ3n) is 1.79. The molecular weight excluding hydrogens is 210 g/mol. The molecule has 0 saturated carbocycles. The van der Waals surface area contributed by atoms with Crippen LogP contribution in [-0.2, 0) is 4.79 Å². The van der Waals surface area contributed by atoms with E-state index in [1.165, 1.54) is 0 Å². The number of hydrogen-bond donors (Lipinski definition) is 3. The van der Waals surface area contributed by atoms with Gasteiger partial charge in [-0.1, -0.05) is 6.07 Å². The second kappa shape index (κ2) is 5.01. The first-order valence-electron chi connectivity index (χ1n) is 4.57. The Morgan fingerprint density at radius 2 is 2.12 bits per heavy atom. The summed E-state index contributed by atoms with van der Waals surface area (Å²) in [7, 11) is 0. The number of nitrogens with two attached hydrogens (primary N) is 2. The van der Waals surface area contributed by atoms with E-state index in [2.05, 4.69) is 0 Å². The van der Waals surface area contributed by atoms with Crippen LogP contribution in [0.25, 0.3) is 0 Å². The molecule has 0 saturated heterocycles. The lowest BCUT2D eigenvalue weighted by atomic mass is 10.2. The van der Waals surface area contributed by atoms with E-state index in [9.17, 15) is 9.59 Å². The Kier molecular flexibility index (Phi) is 3.71. The molecular formula is C10H13N3O3. The highest BCUT2D eigenvalue weighted by molar-refractivity contribution is 5.94. The van der Waals surface area contributed by atoms with Gasteiger partial charge in [-0.3, -0.25) is 10.1 Å². The largest absolute Gasteiger partial charge is 0.482 e. The van der Waals surface area contributed by atoms with Gasteiger partial charge >= 0.3 is 6.03 Å². The van der Waals surface area contributed by atoms with Crippen molar-refractivity contribution in [1.29, 1.82) is 0 Å². The molecule has 1 rings (SSSR count). The lowest BCUT2D eigenvalue weighted by Crippen LogP contribution is -2.38. The number of hydrogen-bond acceptors (Lipinski definition) is 4. The van der Waals surface area contributed by atoms with Gasteiger partial charge in [-0.25, -0.2) is 4.79 Å². The van der Waals surface area contributed by atoms with E-state index < -0.39 is 11.9 Å². The quantitative estimate of drug-likeness (QED) is 0.634. The predicted molar refractivity (Wildman–Crippen MR) is 58.8 cm³/mol. The molecule has 0 fully saturated rings. The molecule has 0 aliphatic rings. The Morgan fingerprint density at radius 1 is 1.44 bits per heavy atom. The van der Waals surface area contributed by atoms with Crippen molar-refractivity contribution in [2.75, 3.05) is 12.3 Å². The standard InChI is InChI=1S/C10H13N3O3/c1-6-2-3-7(11)8(4-6)16-5-9(14)13-10(12)15/h2-4H,5,11H2,1H3,(H3,12,13,14,15). The topological polar surface area (TPSA) is 107 Å². The van der Waals surface area contributed by atoms with Gasteiger partial charge in [-0.2, -0.15) is 0 Å². The Hall–Kier alpha value is -2.24. The van der Waals surface area contributed by atoms with E-state index >= 15 is 0 Å². The zero-order valence-electron chi connectivity index (χ0n) is 8.82. The van der Waals surface area contributed by atoms with E-state index in [1.807, 2.05) is 18.3 Å². The van der Waals surface area contributed by atoms with Crippen LogP contribution in [0.5, 0.6) is 5.75 Å². The van der Waals surface area contributed by atoms with Crippen LogP contribution in [0.15, 0.2) is 18.2 Å². The van der Waals surface area contributed by atoms with Crippen molar-refractivity contribution in [1.82, 2.24) is 5.32 Å². The summed E-state index contributed by atoms with van der Waals surface area (Å²) in [4.78, 5) is 21.4. The maximum Gasteiger partial charge on any atom is 0.318 e. The fourth-order valence-electron chi connectivity index (χ4n) is 1.08. The second-order valence-electron chi connectivity index (χ2n) is 3.24. The number of amides is 3. The zero-order chi connectivity index (χ0) is 12.1. The summed E-state index contributed by atoms with van der Waals surface area (Å²) in [6, 6.07) is 4.29. The first kappa shape index (κ1) is 11.8. The first-order valence-corrected chi connectivity index (χ1v) is 4.57. The minimum Gasteiger partial charge on any atom is -0.482 e. The Labute approximate surface area is 92.6 Å². The molecule has 0 bridgehead atoms. The summed E-state index contributed by atoms with van der Waals surface area (Å²) in [5, 5.41) is 1.88. The van der Waals surface area contributed by atoms with Gasteiger partial charge in [0.25, 0.3) is 5.91 Å². The van der Waals surface area contributed by atoms with Gasteiger partial charge < -0.3 is 16.2 Å². The summed E-state index contributed by atoms with van der Waals surface area (Å²) in [5.41, 5.74) is 11.8. The molecule has 0 aliphatic carbocycles. The minimum atomic E-state index is -0.911. The van der Waals surface area contributed by atoms with Crippen LogP contribution in [-0.4, -0.2) is 18.5 Å². The van der Waals surface area contributed by atoms with Crippen molar-refractivity contribution in [2.45, 2.75) is 6.92 Å². The minimum absolute atomic E-state index is 0.309. The molecule has 0 heterocycles. The molecule has 5 N–H and O–H groups in total. The molecule has 3 amide bonds. The Balaban J connectivity index is 2.57. The molecule has 16 heavy (non-hydrogen) atoms. The lowest BCUT2D eigenvalue weighted by Gasteiger charge is -2.08. The van der Waals surface area contributed by atoms with Gasteiger partial charge in [-0.15, -0.1) is 0 Å². The average molecular weight is 223 g/mol. The smallest absolute Gasteiger partial charge is 0.318 e. The fourth-order valence-corrected chi connectivity index (χ4v) is 1.08. The van der Waals surface area contributed by atoms with Crippen molar-refractivity contribution >= 4 is 17.6 Å². The summed E-state index contributed by atoms with van der Waals surface area (Å²) >= 11 is 0. The highest BCUT2D eigenvalue weighted by atomic mass is 16.5. The number of nitrogen functional groups attached to an aromatic ring is 1. The number of imide groups is 1. The van der Waals surface area contributed by atoms with Gasteiger partial charge in [0.1, 0.15) is 5.75 Å². The average Bonchev–Trinajstić information content (AvgIpc) is 2.18. The van der Waals surface area contributed by atoms with E-state index in [0.717, 1.165) is 5.56 Å². The lowest BCUT2D eigenvalue weighted by molar-refractivity contribution is -0.121. The highest BCUT2D eigenvalue weighted by Gasteiger charge is 2.06. The maximum absolute atomic E-state index is 11.0. The molecule has 6 nitrogen and oxygen atoms in total. The van der Waals surface area contributed by atoms with Crippen molar-refractivity contribution in [3.8, 4) is 5.75 Å². The molecule has 1 aromatic carbocycles. The fraction of sp³-hybridized carbons (Fsp3) is 0.200. The number of aryl methyl sites for hydroxylation is 1. The van der Waals surface area contributed by atoms with Crippen LogP contribution < -0.4 is 21.5 Å². The molecule has 0 aromatic heterocycles. The summed E-state index contributed by atoms with van der Waals surface area (Å²) < 4.78 is 5.14. The van der Waals surface area contributed by atoms with Crippen LogP contribution in [0.4, 0.5) is 10.5 Å². The second-order valence-corrected chi connectivity index (χ2v) is 3.24.